The lowest BCUT2D eigenvalue weighted by molar-refractivity contribution is -0.119. The molecule has 0 spiro atoms. The number of nitrogens with one attached hydrogen (secondary N) is 1. The van der Waals surface area contributed by atoms with Crippen LogP contribution in [0.2, 0.25) is 0 Å². The number of esters is 1. The van der Waals surface area contributed by atoms with Crippen LogP contribution in [0.25, 0.3) is 0 Å². The zero-order valence-corrected chi connectivity index (χ0v) is 19.3. The second-order valence-corrected chi connectivity index (χ2v) is 9.66. The first-order chi connectivity index (χ1) is 15.2. The largest absolute Gasteiger partial charge is 0.495 e. The summed E-state index contributed by atoms with van der Waals surface area (Å²) in [5.74, 6) is -0.977. The van der Waals surface area contributed by atoms with E-state index in [4.69, 9.17) is 9.47 Å². The van der Waals surface area contributed by atoms with Gasteiger partial charge in [0.15, 0.2) is 6.61 Å². The van der Waals surface area contributed by atoms with Gasteiger partial charge in [0, 0.05) is 18.8 Å². The minimum Gasteiger partial charge on any atom is -0.495 e. The first-order valence-electron chi connectivity index (χ1n) is 10.4. The number of carbonyl (C=O) groups is 2. The van der Waals surface area contributed by atoms with E-state index < -0.39 is 28.5 Å². The average molecular weight is 461 g/mol. The smallest absolute Gasteiger partial charge is 0.338 e. The van der Waals surface area contributed by atoms with Crippen molar-refractivity contribution in [1.29, 1.82) is 0 Å². The van der Waals surface area contributed by atoms with Gasteiger partial charge in [-0.05, 0) is 68.1 Å². The van der Waals surface area contributed by atoms with E-state index >= 15 is 0 Å². The number of ether oxygens (including phenoxy) is 2. The Hall–Kier alpha value is -2.91. The third-order valence-corrected chi connectivity index (χ3v) is 7.38. The lowest BCUT2D eigenvalue weighted by Gasteiger charge is -2.26. The van der Waals surface area contributed by atoms with Crippen LogP contribution in [0.1, 0.15) is 40.7 Å². The van der Waals surface area contributed by atoms with Gasteiger partial charge in [0.2, 0.25) is 10.0 Å². The molecule has 0 aliphatic carbocycles. The van der Waals surface area contributed by atoms with Crippen molar-refractivity contribution in [3.8, 4) is 5.75 Å². The van der Waals surface area contributed by atoms with Crippen LogP contribution in [-0.2, 0) is 19.6 Å². The van der Waals surface area contributed by atoms with Gasteiger partial charge in [-0.15, -0.1) is 0 Å². The molecule has 8 nitrogen and oxygen atoms in total. The van der Waals surface area contributed by atoms with Gasteiger partial charge in [0.05, 0.1) is 12.7 Å². The molecule has 3 rings (SSSR count). The lowest BCUT2D eigenvalue weighted by Crippen LogP contribution is -2.35. The van der Waals surface area contributed by atoms with Crippen molar-refractivity contribution in [2.75, 3.05) is 32.1 Å². The Labute approximate surface area is 188 Å². The quantitative estimate of drug-likeness (QED) is 0.636. The minimum absolute atomic E-state index is 0.00757. The third-order valence-electron chi connectivity index (χ3n) is 5.46. The highest BCUT2D eigenvalue weighted by Gasteiger charge is 2.29. The van der Waals surface area contributed by atoms with E-state index in [9.17, 15) is 18.0 Å². The first kappa shape index (κ1) is 23.7. The predicted octanol–water partition coefficient (Wildman–Crippen LogP) is 3.28. The van der Waals surface area contributed by atoms with Crippen molar-refractivity contribution in [3.05, 3.63) is 53.1 Å². The molecule has 0 radical (unpaired) electrons. The number of nitrogens with zero attached hydrogens (tertiary/aromatic N) is 1. The number of aryl methyl sites for hydroxylation is 2. The van der Waals surface area contributed by atoms with E-state index in [1.165, 1.54) is 29.6 Å². The average Bonchev–Trinajstić information content (AvgIpc) is 2.79. The van der Waals surface area contributed by atoms with E-state index in [0.717, 1.165) is 30.4 Å². The molecule has 172 valence electrons. The van der Waals surface area contributed by atoms with Gasteiger partial charge in [0.25, 0.3) is 5.91 Å². The Morgan fingerprint density at radius 1 is 1.00 bits per heavy atom. The Morgan fingerprint density at radius 2 is 1.72 bits per heavy atom. The maximum Gasteiger partial charge on any atom is 0.338 e. The SMILES string of the molecule is COc1ccc(NC(=O)COC(=O)c2ccc(C)c(C)c2)cc1S(=O)(=O)N1CCCCC1. The number of amides is 1. The molecule has 9 heteroatoms. The zero-order valence-electron chi connectivity index (χ0n) is 18.5. The molecule has 1 N–H and O–H groups in total. The highest BCUT2D eigenvalue weighted by atomic mass is 32.2. The number of anilines is 1. The molecule has 1 aliphatic rings. The van der Waals surface area contributed by atoms with Gasteiger partial charge in [0.1, 0.15) is 10.6 Å². The molecule has 0 bridgehead atoms. The molecule has 1 fully saturated rings. The molecular weight excluding hydrogens is 432 g/mol. The fourth-order valence-electron chi connectivity index (χ4n) is 3.48. The van der Waals surface area contributed by atoms with Crippen LogP contribution in [0.3, 0.4) is 0 Å². The molecule has 0 atom stereocenters. The summed E-state index contributed by atoms with van der Waals surface area (Å²) < 4.78 is 38.0. The van der Waals surface area contributed by atoms with Crippen LogP contribution in [0.5, 0.6) is 5.75 Å². The van der Waals surface area contributed by atoms with Gasteiger partial charge in [-0.3, -0.25) is 4.79 Å². The Bertz CT molecular complexity index is 1110. The number of sulfonamides is 1. The van der Waals surface area contributed by atoms with Crippen molar-refractivity contribution < 1.29 is 27.5 Å². The monoisotopic (exact) mass is 460 g/mol. The van der Waals surface area contributed by atoms with Crippen molar-refractivity contribution in [3.63, 3.8) is 0 Å². The predicted molar refractivity (Wildman–Crippen MR) is 120 cm³/mol. The van der Waals surface area contributed by atoms with E-state index in [0.29, 0.717) is 18.7 Å². The van der Waals surface area contributed by atoms with Gasteiger partial charge >= 0.3 is 5.97 Å². The standard InChI is InChI=1S/C23H28N2O6S/c1-16-7-8-18(13-17(16)2)23(27)31-15-22(26)24-19-9-10-20(30-3)21(14-19)32(28,29)25-11-5-4-6-12-25/h7-10,13-14H,4-6,11-12,15H2,1-3H3,(H,24,26). The summed E-state index contributed by atoms with van der Waals surface area (Å²) >= 11 is 0. The van der Waals surface area contributed by atoms with Crippen molar-refractivity contribution in [2.24, 2.45) is 0 Å². The van der Waals surface area contributed by atoms with E-state index in [1.807, 2.05) is 19.9 Å². The van der Waals surface area contributed by atoms with Crippen LogP contribution in [0.15, 0.2) is 41.3 Å². The Kier molecular flexibility index (Phi) is 7.52. The maximum absolute atomic E-state index is 13.1. The van der Waals surface area contributed by atoms with Gasteiger partial charge in [-0.25, -0.2) is 13.2 Å². The first-order valence-corrected chi connectivity index (χ1v) is 11.9. The van der Waals surface area contributed by atoms with E-state index in [2.05, 4.69) is 5.32 Å². The summed E-state index contributed by atoms with van der Waals surface area (Å²) in [4.78, 5) is 24.5. The molecule has 1 amide bonds. The summed E-state index contributed by atoms with van der Waals surface area (Å²) in [6.07, 6.45) is 2.62. The number of carbonyl (C=O) groups excluding carboxylic acids is 2. The van der Waals surface area contributed by atoms with E-state index in [-0.39, 0.29) is 16.3 Å². The topological polar surface area (TPSA) is 102 Å². The maximum atomic E-state index is 13.1. The molecular formula is C23H28N2O6S. The molecule has 0 unspecified atom stereocenters. The van der Waals surface area contributed by atoms with Crippen molar-refractivity contribution in [2.45, 2.75) is 38.0 Å². The highest BCUT2D eigenvalue weighted by molar-refractivity contribution is 7.89. The molecule has 2 aromatic rings. The fraction of sp³-hybridized carbons (Fsp3) is 0.391. The van der Waals surface area contributed by atoms with Gasteiger partial charge < -0.3 is 14.8 Å². The van der Waals surface area contributed by atoms with Crippen LogP contribution in [0.4, 0.5) is 5.69 Å². The van der Waals surface area contributed by atoms with Crippen molar-refractivity contribution in [1.82, 2.24) is 4.31 Å². The third kappa shape index (κ3) is 5.46. The zero-order chi connectivity index (χ0) is 23.3. The lowest BCUT2D eigenvalue weighted by atomic mass is 10.1. The van der Waals surface area contributed by atoms with Crippen molar-refractivity contribution >= 4 is 27.6 Å². The summed E-state index contributed by atoms with van der Waals surface area (Å²) in [5.41, 5.74) is 2.63. The molecule has 0 aromatic heterocycles. The molecule has 1 aliphatic heterocycles. The minimum atomic E-state index is -3.76. The second-order valence-electron chi connectivity index (χ2n) is 7.75. The number of methoxy groups -OCH3 is 1. The van der Waals surface area contributed by atoms with Gasteiger partial charge in [-0.2, -0.15) is 4.31 Å². The molecule has 32 heavy (non-hydrogen) atoms. The number of hydrogen-bond acceptors (Lipinski definition) is 6. The molecule has 1 saturated heterocycles. The normalized spacial score (nSPS) is 14.6. The van der Waals surface area contributed by atoms with Crippen LogP contribution in [0, 0.1) is 13.8 Å². The summed E-state index contributed by atoms with van der Waals surface area (Å²) in [6.45, 7) is 4.24. The number of piperidine rings is 1. The highest BCUT2D eigenvalue weighted by Crippen LogP contribution is 2.31. The Balaban J connectivity index is 1.69. The molecule has 1 heterocycles. The van der Waals surface area contributed by atoms with Crippen LogP contribution in [-0.4, -0.2) is 51.4 Å². The Morgan fingerprint density at radius 3 is 2.38 bits per heavy atom. The molecule has 0 saturated carbocycles. The number of benzene rings is 2. The summed E-state index contributed by atoms with van der Waals surface area (Å²) in [5, 5.41) is 2.58. The number of rotatable bonds is 7. The number of hydrogen-bond donors (Lipinski definition) is 1. The summed E-state index contributed by atoms with van der Waals surface area (Å²) in [7, 11) is -2.36. The fourth-order valence-corrected chi connectivity index (χ4v) is 5.18. The molecule has 2 aromatic carbocycles. The van der Waals surface area contributed by atoms with Gasteiger partial charge in [-0.1, -0.05) is 12.5 Å². The van der Waals surface area contributed by atoms with Crippen LogP contribution < -0.4 is 10.1 Å². The second kappa shape index (κ2) is 10.1. The summed E-state index contributed by atoms with van der Waals surface area (Å²) in [6, 6.07) is 9.56. The van der Waals surface area contributed by atoms with E-state index in [1.54, 1.807) is 12.1 Å². The van der Waals surface area contributed by atoms with Crippen LogP contribution >= 0.6 is 0 Å².